The number of aliphatic hydroxyl groups excluding tert-OH is 1. The fourth-order valence-corrected chi connectivity index (χ4v) is 2.17. The van der Waals surface area contributed by atoms with Crippen molar-refractivity contribution in [2.75, 3.05) is 20.7 Å². The molecule has 0 aliphatic heterocycles. The van der Waals surface area contributed by atoms with Gasteiger partial charge in [-0.25, -0.2) is 0 Å². The topological polar surface area (TPSA) is 52.9 Å². The highest BCUT2D eigenvalue weighted by Crippen LogP contribution is 2.34. The van der Waals surface area contributed by atoms with Crippen LogP contribution in [0.25, 0.3) is 0 Å². The Bertz CT molecular complexity index is 396. The Labute approximate surface area is 116 Å². The molecule has 18 heavy (non-hydrogen) atoms. The molecule has 102 valence electrons. The maximum atomic E-state index is 10.0. The average molecular weight is 318 g/mol. The molecular weight excluding hydrogens is 298 g/mol. The predicted molar refractivity (Wildman–Crippen MR) is 75.0 cm³/mol. The standard InChI is InChI=1S/C13H20BrNO3/c1-9(16)4-5-15(2)8-10-6-11(14)7-12(18-3)13(10)17/h6-7,9,16-17H,4-5,8H2,1-3H3. The second kappa shape index (κ2) is 6.97. The van der Waals surface area contributed by atoms with Crippen molar-refractivity contribution in [2.24, 2.45) is 0 Å². The second-order valence-corrected chi connectivity index (χ2v) is 5.41. The molecule has 0 aliphatic rings. The van der Waals surface area contributed by atoms with Crippen LogP contribution in [0.4, 0.5) is 0 Å². The lowest BCUT2D eigenvalue weighted by molar-refractivity contribution is 0.162. The number of nitrogens with zero attached hydrogens (tertiary/aromatic N) is 1. The largest absolute Gasteiger partial charge is 0.504 e. The zero-order chi connectivity index (χ0) is 13.7. The Morgan fingerprint density at radius 3 is 2.67 bits per heavy atom. The van der Waals surface area contributed by atoms with Gasteiger partial charge in [-0.15, -0.1) is 0 Å². The lowest BCUT2D eigenvalue weighted by Crippen LogP contribution is -2.22. The summed E-state index contributed by atoms with van der Waals surface area (Å²) in [4.78, 5) is 2.05. The molecule has 1 aromatic carbocycles. The third-order valence-electron chi connectivity index (χ3n) is 2.71. The lowest BCUT2D eigenvalue weighted by atomic mass is 10.1. The molecule has 0 aliphatic carbocycles. The van der Waals surface area contributed by atoms with E-state index in [4.69, 9.17) is 4.74 Å². The third-order valence-corrected chi connectivity index (χ3v) is 3.17. The van der Waals surface area contributed by atoms with Gasteiger partial charge >= 0.3 is 0 Å². The van der Waals surface area contributed by atoms with E-state index >= 15 is 0 Å². The summed E-state index contributed by atoms with van der Waals surface area (Å²) in [6.45, 7) is 3.15. The van der Waals surface area contributed by atoms with E-state index in [9.17, 15) is 10.2 Å². The van der Waals surface area contributed by atoms with Gasteiger partial charge in [0.05, 0.1) is 13.2 Å². The number of ether oxygens (including phenoxy) is 1. The second-order valence-electron chi connectivity index (χ2n) is 4.49. The van der Waals surface area contributed by atoms with Gasteiger partial charge in [0.2, 0.25) is 0 Å². The van der Waals surface area contributed by atoms with Crippen molar-refractivity contribution in [1.29, 1.82) is 0 Å². The minimum atomic E-state index is -0.307. The average Bonchev–Trinajstić information content (AvgIpc) is 2.30. The number of rotatable bonds is 6. The van der Waals surface area contributed by atoms with Crippen LogP contribution < -0.4 is 4.74 Å². The Hall–Kier alpha value is -0.780. The van der Waals surface area contributed by atoms with E-state index < -0.39 is 0 Å². The molecular formula is C13H20BrNO3. The van der Waals surface area contributed by atoms with Crippen LogP contribution in [0, 0.1) is 0 Å². The Morgan fingerprint density at radius 2 is 2.11 bits per heavy atom. The number of benzene rings is 1. The summed E-state index contributed by atoms with van der Waals surface area (Å²) >= 11 is 3.39. The SMILES string of the molecule is COc1cc(Br)cc(CN(C)CCC(C)O)c1O. The van der Waals surface area contributed by atoms with Crippen molar-refractivity contribution in [1.82, 2.24) is 4.90 Å². The van der Waals surface area contributed by atoms with Crippen LogP contribution in [0.3, 0.4) is 0 Å². The molecule has 0 spiro atoms. The molecule has 0 radical (unpaired) electrons. The van der Waals surface area contributed by atoms with E-state index in [0.29, 0.717) is 18.7 Å². The molecule has 0 heterocycles. The zero-order valence-electron chi connectivity index (χ0n) is 11.0. The minimum absolute atomic E-state index is 0.171. The molecule has 2 N–H and O–H groups in total. The maximum Gasteiger partial charge on any atom is 0.162 e. The Morgan fingerprint density at radius 1 is 1.44 bits per heavy atom. The molecule has 0 saturated heterocycles. The summed E-state index contributed by atoms with van der Waals surface area (Å²) in [5, 5.41) is 19.3. The summed E-state index contributed by atoms with van der Waals surface area (Å²) in [7, 11) is 3.48. The Kier molecular flexibility index (Phi) is 5.91. The van der Waals surface area contributed by atoms with Gasteiger partial charge in [0.1, 0.15) is 0 Å². The number of phenols is 1. The molecule has 5 heteroatoms. The van der Waals surface area contributed by atoms with E-state index in [0.717, 1.165) is 16.6 Å². The van der Waals surface area contributed by atoms with Gasteiger partial charge in [-0.2, -0.15) is 0 Å². The van der Waals surface area contributed by atoms with Crippen LogP contribution in [0.1, 0.15) is 18.9 Å². The van der Waals surface area contributed by atoms with Crippen LogP contribution in [0.5, 0.6) is 11.5 Å². The predicted octanol–water partition coefficient (Wildman–Crippen LogP) is 2.37. The van der Waals surface area contributed by atoms with E-state index in [2.05, 4.69) is 15.9 Å². The quantitative estimate of drug-likeness (QED) is 0.845. The Balaban J connectivity index is 2.74. The lowest BCUT2D eigenvalue weighted by Gasteiger charge is -2.19. The summed E-state index contributed by atoms with van der Waals surface area (Å²) in [6, 6.07) is 3.60. The van der Waals surface area contributed by atoms with Crippen molar-refractivity contribution >= 4 is 15.9 Å². The van der Waals surface area contributed by atoms with Gasteiger partial charge in [-0.05, 0) is 32.5 Å². The number of aromatic hydroxyl groups is 1. The minimum Gasteiger partial charge on any atom is -0.504 e. The smallest absolute Gasteiger partial charge is 0.162 e. The van der Waals surface area contributed by atoms with Crippen molar-refractivity contribution in [3.8, 4) is 11.5 Å². The van der Waals surface area contributed by atoms with Crippen LogP contribution in [-0.2, 0) is 6.54 Å². The van der Waals surface area contributed by atoms with Crippen molar-refractivity contribution < 1.29 is 14.9 Å². The molecule has 0 bridgehead atoms. The first-order valence-corrected chi connectivity index (χ1v) is 6.65. The van der Waals surface area contributed by atoms with E-state index in [1.807, 2.05) is 18.0 Å². The highest BCUT2D eigenvalue weighted by Gasteiger charge is 2.12. The van der Waals surface area contributed by atoms with Gasteiger partial charge in [0.15, 0.2) is 11.5 Å². The summed E-state index contributed by atoms with van der Waals surface area (Å²) in [5.74, 6) is 0.632. The monoisotopic (exact) mass is 317 g/mol. The zero-order valence-corrected chi connectivity index (χ0v) is 12.6. The van der Waals surface area contributed by atoms with Gasteiger partial charge in [0, 0.05) is 23.1 Å². The first-order chi connectivity index (χ1) is 8.43. The third kappa shape index (κ3) is 4.48. The summed E-state index contributed by atoms with van der Waals surface area (Å²) < 4.78 is 5.98. The number of phenolic OH excluding ortho intramolecular Hbond substituents is 1. The van der Waals surface area contributed by atoms with Crippen molar-refractivity contribution in [2.45, 2.75) is 26.0 Å². The molecule has 1 rings (SSSR count). The fraction of sp³-hybridized carbons (Fsp3) is 0.538. The summed E-state index contributed by atoms with van der Waals surface area (Å²) in [5.41, 5.74) is 0.800. The van der Waals surface area contributed by atoms with E-state index in [-0.39, 0.29) is 11.9 Å². The number of halogens is 1. The maximum absolute atomic E-state index is 10.0. The molecule has 4 nitrogen and oxygen atoms in total. The molecule has 1 aromatic rings. The highest BCUT2D eigenvalue weighted by molar-refractivity contribution is 9.10. The molecule has 1 unspecified atom stereocenters. The first kappa shape index (κ1) is 15.3. The van der Waals surface area contributed by atoms with Gasteiger partial charge < -0.3 is 19.8 Å². The highest BCUT2D eigenvalue weighted by atomic mass is 79.9. The van der Waals surface area contributed by atoms with Crippen LogP contribution in [-0.4, -0.2) is 41.9 Å². The molecule has 0 amide bonds. The van der Waals surface area contributed by atoms with E-state index in [1.54, 1.807) is 13.0 Å². The number of hydrogen-bond donors (Lipinski definition) is 2. The number of hydrogen-bond acceptors (Lipinski definition) is 4. The molecule has 0 saturated carbocycles. The van der Waals surface area contributed by atoms with Crippen molar-refractivity contribution in [3.05, 3.63) is 22.2 Å². The molecule has 0 aromatic heterocycles. The van der Waals surface area contributed by atoms with Gasteiger partial charge in [0.25, 0.3) is 0 Å². The normalized spacial score (nSPS) is 12.8. The fourth-order valence-electron chi connectivity index (χ4n) is 1.68. The molecule has 0 fully saturated rings. The van der Waals surface area contributed by atoms with Crippen LogP contribution in [0.2, 0.25) is 0 Å². The molecule has 1 atom stereocenters. The summed E-state index contributed by atoms with van der Waals surface area (Å²) in [6.07, 6.45) is 0.403. The van der Waals surface area contributed by atoms with Gasteiger partial charge in [-0.1, -0.05) is 15.9 Å². The van der Waals surface area contributed by atoms with Crippen LogP contribution >= 0.6 is 15.9 Å². The van der Waals surface area contributed by atoms with Gasteiger partial charge in [-0.3, -0.25) is 0 Å². The van der Waals surface area contributed by atoms with Crippen molar-refractivity contribution in [3.63, 3.8) is 0 Å². The van der Waals surface area contributed by atoms with E-state index in [1.165, 1.54) is 7.11 Å². The van der Waals surface area contributed by atoms with Crippen LogP contribution in [0.15, 0.2) is 16.6 Å². The number of methoxy groups -OCH3 is 1. The first-order valence-electron chi connectivity index (χ1n) is 5.86. The number of aliphatic hydroxyl groups is 1.